The number of nitro groups is 1. The molecule has 0 atom stereocenters. The number of benzene rings is 2. The fourth-order valence-electron chi connectivity index (χ4n) is 1.76. The zero-order chi connectivity index (χ0) is 17.2. The van der Waals surface area contributed by atoms with Gasteiger partial charge in [0, 0.05) is 11.6 Å². The number of carbonyl (C=O) groups excluding carboxylic acids is 1. The van der Waals surface area contributed by atoms with Crippen molar-refractivity contribution in [2.75, 3.05) is 0 Å². The van der Waals surface area contributed by atoms with Gasteiger partial charge in [-0.15, -0.1) is 0 Å². The molecule has 0 saturated heterocycles. The second-order valence-electron chi connectivity index (χ2n) is 4.33. The van der Waals surface area contributed by atoms with Gasteiger partial charge < -0.3 is 14.6 Å². The van der Waals surface area contributed by atoms with E-state index in [1.54, 1.807) is 18.2 Å². The van der Waals surface area contributed by atoms with E-state index < -0.39 is 42.8 Å². The van der Waals surface area contributed by atoms with Crippen LogP contribution < -0.4 is 44.5 Å². The molecule has 0 heterocycles. The Morgan fingerprint density at radius 3 is 2.21 bits per heavy atom. The van der Waals surface area contributed by atoms with Crippen LogP contribution in [0.2, 0.25) is 0 Å². The van der Waals surface area contributed by atoms with E-state index >= 15 is 0 Å². The number of nitro benzene ring substituents is 1. The minimum atomic E-state index is -4.49. The van der Waals surface area contributed by atoms with Gasteiger partial charge in [0.2, 0.25) is 15.8 Å². The second kappa shape index (κ2) is 7.73. The number of primary sulfonamides is 1. The molecule has 0 fully saturated rings. The SMILES string of the molecule is NS(=O)(=O)c1cc(C(=O)[O-])cc([N+](=O)[O-])c1Oc1ccccc1.[Na+]. The van der Waals surface area contributed by atoms with E-state index in [2.05, 4.69) is 0 Å². The van der Waals surface area contributed by atoms with E-state index in [1.165, 1.54) is 12.1 Å². The topological polar surface area (TPSA) is 153 Å². The van der Waals surface area contributed by atoms with Crippen LogP contribution in [0.25, 0.3) is 0 Å². The number of carboxylic acid groups (broad SMARTS) is 1. The van der Waals surface area contributed by atoms with E-state index in [0.717, 1.165) is 0 Å². The maximum absolute atomic E-state index is 11.7. The number of nitrogens with zero attached hydrogens (tertiary/aromatic N) is 1. The number of aromatic carboxylic acids is 1. The molecule has 0 bridgehead atoms. The zero-order valence-electron chi connectivity index (χ0n) is 12.3. The van der Waals surface area contributed by atoms with Gasteiger partial charge in [0.05, 0.1) is 10.9 Å². The fraction of sp³-hybridized carbons (Fsp3) is 0. The summed E-state index contributed by atoms with van der Waals surface area (Å²) in [7, 11) is -4.49. The number of ether oxygens (including phenoxy) is 1. The molecule has 0 spiro atoms. The number of carboxylic acids is 1. The van der Waals surface area contributed by atoms with Crippen LogP contribution in [0.15, 0.2) is 47.4 Å². The fourth-order valence-corrected chi connectivity index (χ4v) is 2.46. The zero-order valence-corrected chi connectivity index (χ0v) is 15.1. The van der Waals surface area contributed by atoms with Crippen LogP contribution in [-0.2, 0) is 10.0 Å². The minimum absolute atomic E-state index is 0. The van der Waals surface area contributed by atoms with Gasteiger partial charge in [-0.05, 0) is 18.2 Å². The molecule has 0 amide bonds. The van der Waals surface area contributed by atoms with Gasteiger partial charge in [-0.25, -0.2) is 13.6 Å². The summed E-state index contributed by atoms with van der Waals surface area (Å²) < 4.78 is 28.6. The van der Waals surface area contributed by atoms with Crippen LogP contribution in [-0.4, -0.2) is 19.3 Å². The molecule has 0 saturated carbocycles. The van der Waals surface area contributed by atoms with Crippen LogP contribution in [0.5, 0.6) is 11.5 Å². The molecule has 11 heteroatoms. The number of rotatable bonds is 5. The Kier molecular flexibility index (Phi) is 6.46. The number of nitrogens with two attached hydrogens (primary N) is 1. The molecule has 2 aromatic rings. The summed E-state index contributed by atoms with van der Waals surface area (Å²) in [5.41, 5.74) is -1.57. The first-order valence-corrected chi connectivity index (χ1v) is 7.54. The summed E-state index contributed by atoms with van der Waals surface area (Å²) in [6.45, 7) is 0. The summed E-state index contributed by atoms with van der Waals surface area (Å²) in [6, 6.07) is 8.94. The van der Waals surface area contributed by atoms with Gasteiger partial charge in [0.1, 0.15) is 10.6 Å². The predicted octanol–water partition coefficient (Wildman–Crippen LogP) is -2.60. The van der Waals surface area contributed by atoms with Gasteiger partial charge in [0.15, 0.2) is 0 Å². The molecule has 0 aliphatic rings. The van der Waals surface area contributed by atoms with Crippen LogP contribution in [0, 0.1) is 10.1 Å². The molecular weight excluding hydrogens is 351 g/mol. The molecular formula is C13H9N2NaO7S. The Balaban J connectivity index is 0.00000288. The third-order valence-corrected chi connectivity index (χ3v) is 3.65. The first-order chi connectivity index (χ1) is 10.7. The normalized spacial score (nSPS) is 10.5. The van der Waals surface area contributed by atoms with Crippen molar-refractivity contribution in [3.05, 3.63) is 58.1 Å². The monoisotopic (exact) mass is 360 g/mol. The molecule has 9 nitrogen and oxygen atoms in total. The first kappa shape index (κ1) is 20.1. The molecule has 2 rings (SSSR count). The summed E-state index contributed by atoms with van der Waals surface area (Å²) in [6.07, 6.45) is 0. The van der Waals surface area contributed by atoms with Crippen molar-refractivity contribution >= 4 is 21.7 Å². The standard InChI is InChI=1S/C13H10N2O7S.Na/c14-23(20,21)11-7-8(13(16)17)6-10(15(18)19)12(11)22-9-4-2-1-3-5-9;/h1-7H,(H,16,17)(H2,14,20,21);/q;+1/p-1. The smallest absolute Gasteiger partial charge is 0.545 e. The van der Waals surface area contributed by atoms with E-state index in [-0.39, 0.29) is 35.3 Å². The average molecular weight is 360 g/mol. The van der Waals surface area contributed by atoms with Crippen molar-refractivity contribution in [3.63, 3.8) is 0 Å². The number of carbonyl (C=O) groups is 1. The molecule has 0 aliphatic carbocycles. The number of hydrogen-bond acceptors (Lipinski definition) is 7. The van der Waals surface area contributed by atoms with E-state index in [1.807, 2.05) is 0 Å². The van der Waals surface area contributed by atoms with Gasteiger partial charge in [-0.1, -0.05) is 18.2 Å². The number of hydrogen-bond donors (Lipinski definition) is 1. The van der Waals surface area contributed by atoms with Crippen molar-refractivity contribution < 1.29 is 57.5 Å². The van der Waals surface area contributed by atoms with E-state index in [4.69, 9.17) is 9.88 Å². The molecule has 24 heavy (non-hydrogen) atoms. The number of sulfonamides is 1. The number of para-hydroxylation sites is 1. The Morgan fingerprint density at radius 2 is 1.75 bits per heavy atom. The average Bonchev–Trinajstić information content (AvgIpc) is 2.46. The molecule has 2 aromatic carbocycles. The van der Waals surface area contributed by atoms with Crippen LogP contribution in [0.1, 0.15) is 10.4 Å². The van der Waals surface area contributed by atoms with Crippen LogP contribution in [0.4, 0.5) is 5.69 Å². The largest absolute Gasteiger partial charge is 1.00 e. The van der Waals surface area contributed by atoms with Gasteiger partial charge in [-0.3, -0.25) is 10.1 Å². The van der Waals surface area contributed by atoms with Crippen LogP contribution >= 0.6 is 0 Å². The first-order valence-electron chi connectivity index (χ1n) is 5.99. The molecule has 0 unspecified atom stereocenters. The molecule has 0 aliphatic heterocycles. The summed E-state index contributed by atoms with van der Waals surface area (Å²) in [4.78, 5) is 20.3. The van der Waals surface area contributed by atoms with Gasteiger partial charge in [-0.2, -0.15) is 0 Å². The van der Waals surface area contributed by atoms with Crippen molar-refractivity contribution in [3.8, 4) is 11.5 Å². The molecule has 0 aromatic heterocycles. The molecule has 0 radical (unpaired) electrons. The third kappa shape index (κ3) is 4.52. The molecule has 120 valence electrons. The van der Waals surface area contributed by atoms with Crippen molar-refractivity contribution in [1.82, 2.24) is 0 Å². The van der Waals surface area contributed by atoms with Crippen molar-refractivity contribution in [2.24, 2.45) is 5.14 Å². The van der Waals surface area contributed by atoms with Gasteiger partial charge in [0.25, 0.3) is 0 Å². The Bertz CT molecular complexity index is 885. The molecule has 2 N–H and O–H groups in total. The summed E-state index contributed by atoms with van der Waals surface area (Å²) in [5.74, 6) is -2.35. The Hall–Kier alpha value is -1.98. The third-order valence-electron chi connectivity index (χ3n) is 2.74. The van der Waals surface area contributed by atoms with Crippen molar-refractivity contribution in [2.45, 2.75) is 4.90 Å². The minimum Gasteiger partial charge on any atom is -0.545 e. The Labute approximate surface area is 158 Å². The van der Waals surface area contributed by atoms with Crippen LogP contribution in [0.3, 0.4) is 0 Å². The van der Waals surface area contributed by atoms with E-state index in [0.29, 0.717) is 12.1 Å². The van der Waals surface area contributed by atoms with Gasteiger partial charge >= 0.3 is 35.2 Å². The van der Waals surface area contributed by atoms with E-state index in [9.17, 15) is 28.4 Å². The second-order valence-corrected chi connectivity index (χ2v) is 5.86. The summed E-state index contributed by atoms with van der Waals surface area (Å²) in [5, 5.41) is 27.1. The maximum atomic E-state index is 11.7. The summed E-state index contributed by atoms with van der Waals surface area (Å²) >= 11 is 0. The Morgan fingerprint density at radius 1 is 1.17 bits per heavy atom. The predicted molar refractivity (Wildman–Crippen MR) is 75.3 cm³/mol. The maximum Gasteiger partial charge on any atom is 1.00 e. The quantitative estimate of drug-likeness (QED) is 0.348. The van der Waals surface area contributed by atoms with Crippen molar-refractivity contribution in [1.29, 1.82) is 0 Å².